The smallest absolute Gasteiger partial charge is 0.323 e. The Balaban J connectivity index is 3.01. The fourth-order valence-electron chi connectivity index (χ4n) is 1.37. The molecule has 0 fully saturated rings. The molecule has 1 rings (SSSR count). The van der Waals surface area contributed by atoms with E-state index in [4.69, 9.17) is 16.7 Å². The molecule has 0 saturated heterocycles. The molecule has 0 saturated carbocycles. The third kappa shape index (κ3) is 3.85. The first kappa shape index (κ1) is 14.7. The molecule has 1 aromatic rings. The second-order valence-corrected chi connectivity index (χ2v) is 4.82. The summed E-state index contributed by atoms with van der Waals surface area (Å²) in [6, 6.07) is 4.81. The van der Waals surface area contributed by atoms with Gasteiger partial charge in [0.25, 0.3) is 5.91 Å². The quantitative estimate of drug-likeness (QED) is 0.844. The maximum absolute atomic E-state index is 12.1. The maximum Gasteiger partial charge on any atom is 0.323 e. The molecule has 0 heterocycles. The van der Waals surface area contributed by atoms with Crippen molar-refractivity contribution in [2.75, 3.05) is 13.1 Å². The molecule has 18 heavy (non-hydrogen) atoms. The highest BCUT2D eigenvalue weighted by Gasteiger charge is 2.19. The molecular weight excluding hydrogens is 321 g/mol. The fourth-order valence-corrected chi connectivity index (χ4v) is 2.13. The Bertz CT molecular complexity index is 490. The van der Waals surface area contributed by atoms with Crippen molar-refractivity contribution in [3.8, 4) is 0 Å². The zero-order chi connectivity index (χ0) is 13.7. The number of aliphatic carboxylic acids is 1. The van der Waals surface area contributed by atoms with E-state index in [9.17, 15) is 9.59 Å². The van der Waals surface area contributed by atoms with Gasteiger partial charge in [-0.1, -0.05) is 33.6 Å². The topological polar surface area (TPSA) is 57.6 Å². The van der Waals surface area contributed by atoms with Gasteiger partial charge in [-0.05, 0) is 18.2 Å². The fraction of sp³-hybridized carbons (Fsp3) is 0.167. The van der Waals surface area contributed by atoms with Crippen LogP contribution in [0.3, 0.4) is 0 Å². The van der Waals surface area contributed by atoms with Crippen LogP contribution in [0.15, 0.2) is 35.3 Å². The van der Waals surface area contributed by atoms with Gasteiger partial charge < -0.3 is 10.0 Å². The Labute approximate surface area is 118 Å². The summed E-state index contributed by atoms with van der Waals surface area (Å²) >= 11 is 9.19. The van der Waals surface area contributed by atoms with E-state index in [1.807, 2.05) is 0 Å². The van der Waals surface area contributed by atoms with Crippen LogP contribution in [-0.2, 0) is 4.79 Å². The van der Waals surface area contributed by atoms with E-state index in [0.717, 1.165) is 9.37 Å². The van der Waals surface area contributed by atoms with Gasteiger partial charge in [0, 0.05) is 11.0 Å². The Hall–Kier alpha value is -1.33. The molecule has 0 atom stereocenters. The SMILES string of the molecule is C=CCN(CC(=O)O)C(=O)c1ccc(Br)cc1Cl. The first-order chi connectivity index (χ1) is 8.45. The van der Waals surface area contributed by atoms with Crippen molar-refractivity contribution in [2.24, 2.45) is 0 Å². The Morgan fingerprint density at radius 3 is 2.67 bits per heavy atom. The van der Waals surface area contributed by atoms with Gasteiger partial charge in [0.15, 0.2) is 0 Å². The molecule has 1 aromatic carbocycles. The van der Waals surface area contributed by atoms with Gasteiger partial charge >= 0.3 is 5.97 Å². The van der Waals surface area contributed by atoms with Gasteiger partial charge in [0.1, 0.15) is 6.54 Å². The summed E-state index contributed by atoms with van der Waals surface area (Å²) in [7, 11) is 0. The predicted octanol–water partition coefficient (Wildman–Crippen LogP) is 2.82. The molecule has 1 amide bonds. The second kappa shape index (κ2) is 6.56. The van der Waals surface area contributed by atoms with Crippen LogP contribution in [0, 0.1) is 0 Å². The number of carbonyl (C=O) groups excluding carboxylic acids is 1. The predicted molar refractivity (Wildman–Crippen MR) is 72.9 cm³/mol. The van der Waals surface area contributed by atoms with Crippen molar-refractivity contribution in [3.05, 3.63) is 45.9 Å². The summed E-state index contributed by atoms with van der Waals surface area (Å²) in [5.41, 5.74) is 0.267. The Morgan fingerprint density at radius 1 is 1.50 bits per heavy atom. The van der Waals surface area contributed by atoms with Crippen LogP contribution >= 0.6 is 27.5 Å². The van der Waals surface area contributed by atoms with E-state index < -0.39 is 18.4 Å². The van der Waals surface area contributed by atoms with Crippen molar-refractivity contribution in [1.29, 1.82) is 0 Å². The van der Waals surface area contributed by atoms with Gasteiger partial charge in [-0.3, -0.25) is 9.59 Å². The lowest BCUT2D eigenvalue weighted by Crippen LogP contribution is -2.35. The van der Waals surface area contributed by atoms with E-state index in [1.165, 1.54) is 6.08 Å². The van der Waals surface area contributed by atoms with Crippen molar-refractivity contribution < 1.29 is 14.7 Å². The molecule has 0 unspecified atom stereocenters. The van der Waals surface area contributed by atoms with Crippen LogP contribution in [0.1, 0.15) is 10.4 Å². The molecule has 4 nitrogen and oxygen atoms in total. The standard InChI is InChI=1S/C12H11BrClNO3/c1-2-5-15(7-11(16)17)12(18)9-4-3-8(13)6-10(9)14/h2-4,6H,1,5,7H2,(H,16,17). The maximum atomic E-state index is 12.1. The van der Waals surface area contributed by atoms with Crippen molar-refractivity contribution in [1.82, 2.24) is 4.90 Å². The number of carboxylic acid groups (broad SMARTS) is 1. The molecule has 96 valence electrons. The number of hydrogen-bond acceptors (Lipinski definition) is 2. The van der Waals surface area contributed by atoms with E-state index in [1.54, 1.807) is 18.2 Å². The van der Waals surface area contributed by atoms with Crippen LogP contribution in [0.5, 0.6) is 0 Å². The molecule has 0 aliphatic carbocycles. The number of carbonyl (C=O) groups is 2. The molecule has 0 radical (unpaired) electrons. The van der Waals surface area contributed by atoms with Crippen molar-refractivity contribution >= 4 is 39.4 Å². The number of halogens is 2. The third-order valence-electron chi connectivity index (χ3n) is 2.12. The van der Waals surface area contributed by atoms with Crippen LogP contribution in [0.2, 0.25) is 5.02 Å². The molecule has 0 bridgehead atoms. The number of amides is 1. The van der Waals surface area contributed by atoms with Gasteiger partial charge in [-0.25, -0.2) is 0 Å². The molecule has 0 spiro atoms. The van der Waals surface area contributed by atoms with E-state index in [0.29, 0.717) is 0 Å². The minimum Gasteiger partial charge on any atom is -0.480 e. The number of benzene rings is 1. The lowest BCUT2D eigenvalue weighted by molar-refractivity contribution is -0.137. The summed E-state index contributed by atoms with van der Waals surface area (Å²) < 4.78 is 0.748. The van der Waals surface area contributed by atoms with Crippen molar-refractivity contribution in [3.63, 3.8) is 0 Å². The first-order valence-electron chi connectivity index (χ1n) is 5.02. The van der Waals surface area contributed by atoms with E-state index in [2.05, 4.69) is 22.5 Å². The number of nitrogens with zero attached hydrogens (tertiary/aromatic N) is 1. The van der Waals surface area contributed by atoms with Gasteiger partial charge in [0.2, 0.25) is 0 Å². The summed E-state index contributed by atoms with van der Waals surface area (Å²) in [6.45, 7) is 3.25. The monoisotopic (exact) mass is 331 g/mol. The van der Waals surface area contributed by atoms with Crippen LogP contribution in [0.4, 0.5) is 0 Å². The number of hydrogen-bond donors (Lipinski definition) is 1. The van der Waals surface area contributed by atoms with E-state index >= 15 is 0 Å². The third-order valence-corrected chi connectivity index (χ3v) is 2.93. The second-order valence-electron chi connectivity index (χ2n) is 3.49. The number of carboxylic acids is 1. The average molecular weight is 333 g/mol. The molecule has 0 aliphatic rings. The van der Waals surface area contributed by atoms with Crippen LogP contribution in [0.25, 0.3) is 0 Å². The molecular formula is C12H11BrClNO3. The highest BCUT2D eigenvalue weighted by molar-refractivity contribution is 9.10. The lowest BCUT2D eigenvalue weighted by Gasteiger charge is -2.19. The highest BCUT2D eigenvalue weighted by Crippen LogP contribution is 2.22. The summed E-state index contributed by atoms with van der Waals surface area (Å²) in [5, 5.41) is 9.02. The highest BCUT2D eigenvalue weighted by atomic mass is 79.9. The average Bonchev–Trinajstić information content (AvgIpc) is 2.27. The first-order valence-corrected chi connectivity index (χ1v) is 6.19. The molecule has 1 N–H and O–H groups in total. The number of rotatable bonds is 5. The summed E-state index contributed by atoms with van der Waals surface area (Å²) in [5.74, 6) is -1.52. The Morgan fingerprint density at radius 2 is 2.17 bits per heavy atom. The van der Waals surface area contributed by atoms with Crippen LogP contribution in [-0.4, -0.2) is 35.0 Å². The zero-order valence-electron chi connectivity index (χ0n) is 9.40. The van der Waals surface area contributed by atoms with Gasteiger partial charge in [-0.15, -0.1) is 6.58 Å². The van der Waals surface area contributed by atoms with Gasteiger partial charge in [-0.2, -0.15) is 0 Å². The molecule has 0 aromatic heterocycles. The van der Waals surface area contributed by atoms with Gasteiger partial charge in [0.05, 0.1) is 10.6 Å². The zero-order valence-corrected chi connectivity index (χ0v) is 11.7. The van der Waals surface area contributed by atoms with E-state index in [-0.39, 0.29) is 17.1 Å². The minimum atomic E-state index is -1.08. The minimum absolute atomic E-state index is 0.150. The largest absolute Gasteiger partial charge is 0.480 e. The van der Waals surface area contributed by atoms with Crippen LogP contribution < -0.4 is 0 Å². The van der Waals surface area contributed by atoms with Crippen molar-refractivity contribution in [2.45, 2.75) is 0 Å². The lowest BCUT2D eigenvalue weighted by atomic mass is 10.2. The molecule has 0 aliphatic heterocycles. The normalized spacial score (nSPS) is 9.89. The Kier molecular flexibility index (Phi) is 5.37. The summed E-state index contributed by atoms with van der Waals surface area (Å²) in [6.07, 6.45) is 1.47. The molecule has 6 heteroatoms. The summed E-state index contributed by atoms with van der Waals surface area (Å²) in [4.78, 5) is 24.0.